The summed E-state index contributed by atoms with van der Waals surface area (Å²) in [5.74, 6) is 0.550. The minimum atomic E-state index is -0.276. The summed E-state index contributed by atoms with van der Waals surface area (Å²) >= 11 is 0. The summed E-state index contributed by atoms with van der Waals surface area (Å²) in [6, 6.07) is 8.50. The number of benzene rings is 1. The van der Waals surface area contributed by atoms with Crippen molar-refractivity contribution in [2.75, 3.05) is 19.6 Å². The van der Waals surface area contributed by atoms with E-state index in [2.05, 4.69) is 20.4 Å². The molecule has 9 heteroatoms. The molecule has 0 bridgehead atoms. The molecule has 1 aliphatic heterocycles. The van der Waals surface area contributed by atoms with Gasteiger partial charge in [-0.15, -0.1) is 12.4 Å². The van der Waals surface area contributed by atoms with Crippen LogP contribution in [0.1, 0.15) is 29.5 Å². The lowest BCUT2D eigenvalue weighted by molar-refractivity contribution is -0.134. The van der Waals surface area contributed by atoms with Crippen LogP contribution in [0.3, 0.4) is 0 Å². The topological polar surface area (TPSA) is 84.2 Å². The van der Waals surface area contributed by atoms with Crippen molar-refractivity contribution in [1.29, 1.82) is 0 Å². The molecule has 0 spiro atoms. The average Bonchev–Trinajstić information content (AvgIpc) is 3.24. The fraction of sp³-hybridized carbons (Fsp3) is 0.333. The third-order valence-corrected chi connectivity index (χ3v) is 5.07. The van der Waals surface area contributed by atoms with Crippen molar-refractivity contribution in [1.82, 2.24) is 25.3 Å². The second kappa shape index (κ2) is 9.77. The maximum Gasteiger partial charge on any atom is 0.227 e. The fourth-order valence-electron chi connectivity index (χ4n) is 3.49. The number of piperazine rings is 1. The standard InChI is InChI=1S/C21H22FN5O2.ClH/c1-14-11-15(4-5-17(14)22)21-25-19(29-26-21)6-7-20(28)27-10-9-24-13-18(27)16-3-2-8-23-12-16;/h2-5,8,11-12,18,24H,6-7,9-10,13H2,1H3;1H. The molecule has 0 radical (unpaired) electrons. The molecule has 3 aromatic rings. The van der Waals surface area contributed by atoms with E-state index in [4.69, 9.17) is 4.52 Å². The first-order chi connectivity index (χ1) is 14.1. The number of amides is 1. The number of nitrogens with zero attached hydrogens (tertiary/aromatic N) is 4. The van der Waals surface area contributed by atoms with Crippen LogP contribution >= 0.6 is 12.4 Å². The van der Waals surface area contributed by atoms with Gasteiger partial charge in [0, 0.05) is 50.4 Å². The Morgan fingerprint density at radius 2 is 2.23 bits per heavy atom. The van der Waals surface area contributed by atoms with Gasteiger partial charge in [-0.25, -0.2) is 4.39 Å². The highest BCUT2D eigenvalue weighted by atomic mass is 35.5. The van der Waals surface area contributed by atoms with E-state index in [1.165, 1.54) is 6.07 Å². The van der Waals surface area contributed by atoms with Gasteiger partial charge >= 0.3 is 0 Å². The van der Waals surface area contributed by atoms with Crippen LogP contribution in [0, 0.1) is 12.7 Å². The van der Waals surface area contributed by atoms with Crippen molar-refractivity contribution in [3.63, 3.8) is 0 Å². The van der Waals surface area contributed by atoms with Crippen LogP contribution in [0.2, 0.25) is 0 Å². The van der Waals surface area contributed by atoms with Crippen molar-refractivity contribution in [2.45, 2.75) is 25.8 Å². The normalized spacial score (nSPS) is 16.2. The fourth-order valence-corrected chi connectivity index (χ4v) is 3.49. The Morgan fingerprint density at radius 3 is 3.00 bits per heavy atom. The highest BCUT2D eigenvalue weighted by molar-refractivity contribution is 5.85. The van der Waals surface area contributed by atoms with Crippen molar-refractivity contribution >= 4 is 18.3 Å². The van der Waals surface area contributed by atoms with E-state index in [0.717, 1.165) is 12.1 Å². The number of nitrogens with one attached hydrogen (secondary N) is 1. The minimum absolute atomic E-state index is 0. The van der Waals surface area contributed by atoms with Gasteiger partial charge in [0.1, 0.15) is 5.82 Å². The first-order valence-electron chi connectivity index (χ1n) is 9.61. The molecule has 0 saturated carbocycles. The molecule has 158 valence electrons. The summed E-state index contributed by atoms with van der Waals surface area (Å²) in [4.78, 5) is 23.3. The molecule has 0 aliphatic carbocycles. The van der Waals surface area contributed by atoms with Crippen molar-refractivity contribution in [2.24, 2.45) is 0 Å². The Labute approximate surface area is 180 Å². The van der Waals surface area contributed by atoms with E-state index in [1.54, 1.807) is 31.5 Å². The summed E-state index contributed by atoms with van der Waals surface area (Å²) in [5, 5.41) is 7.29. The summed E-state index contributed by atoms with van der Waals surface area (Å²) in [7, 11) is 0. The van der Waals surface area contributed by atoms with Gasteiger partial charge in [-0.3, -0.25) is 9.78 Å². The van der Waals surface area contributed by atoms with Gasteiger partial charge in [0.05, 0.1) is 6.04 Å². The van der Waals surface area contributed by atoms with Gasteiger partial charge in [0.2, 0.25) is 17.6 Å². The second-order valence-corrected chi connectivity index (χ2v) is 7.07. The zero-order valence-electron chi connectivity index (χ0n) is 16.5. The molecule has 7 nitrogen and oxygen atoms in total. The number of halogens is 2. The molecule has 1 unspecified atom stereocenters. The molecular formula is C21H23ClFN5O2. The molecule has 3 heterocycles. The van der Waals surface area contributed by atoms with E-state index < -0.39 is 0 Å². The van der Waals surface area contributed by atoms with Gasteiger partial charge in [-0.05, 0) is 42.3 Å². The molecule has 1 aliphatic rings. The molecule has 4 rings (SSSR count). The van der Waals surface area contributed by atoms with Crippen molar-refractivity contribution < 1.29 is 13.7 Å². The zero-order chi connectivity index (χ0) is 20.2. The number of carbonyl (C=O) groups is 1. The smallest absolute Gasteiger partial charge is 0.227 e. The monoisotopic (exact) mass is 431 g/mol. The Balaban J connectivity index is 0.00000256. The number of pyridine rings is 1. The highest BCUT2D eigenvalue weighted by Gasteiger charge is 2.28. The molecule has 1 atom stereocenters. The van der Waals surface area contributed by atoms with E-state index >= 15 is 0 Å². The van der Waals surface area contributed by atoms with Crippen LogP contribution in [0.15, 0.2) is 47.2 Å². The summed E-state index contributed by atoms with van der Waals surface area (Å²) < 4.78 is 18.7. The molecule has 1 N–H and O–H groups in total. The van der Waals surface area contributed by atoms with Crippen molar-refractivity contribution in [3.8, 4) is 11.4 Å². The van der Waals surface area contributed by atoms with E-state index in [9.17, 15) is 9.18 Å². The number of rotatable bonds is 5. The maximum absolute atomic E-state index is 13.4. The summed E-state index contributed by atoms with van der Waals surface area (Å²) in [6.45, 7) is 3.79. The van der Waals surface area contributed by atoms with Crippen LogP contribution in [0.5, 0.6) is 0 Å². The third-order valence-electron chi connectivity index (χ3n) is 5.07. The van der Waals surface area contributed by atoms with Gasteiger partial charge < -0.3 is 14.7 Å². The van der Waals surface area contributed by atoms with E-state index in [1.807, 2.05) is 17.0 Å². The minimum Gasteiger partial charge on any atom is -0.339 e. The van der Waals surface area contributed by atoms with Crippen LogP contribution in [0.25, 0.3) is 11.4 Å². The lowest BCUT2D eigenvalue weighted by Gasteiger charge is -2.36. The highest BCUT2D eigenvalue weighted by Crippen LogP contribution is 2.23. The van der Waals surface area contributed by atoms with Crippen molar-refractivity contribution in [3.05, 3.63) is 65.6 Å². The molecule has 1 fully saturated rings. The number of aromatic nitrogens is 3. The number of hydrogen-bond donors (Lipinski definition) is 1. The zero-order valence-corrected chi connectivity index (χ0v) is 17.4. The van der Waals surface area contributed by atoms with Crippen LogP contribution in [0.4, 0.5) is 4.39 Å². The largest absolute Gasteiger partial charge is 0.339 e. The lowest BCUT2D eigenvalue weighted by Crippen LogP contribution is -2.48. The number of carbonyl (C=O) groups excluding carboxylic acids is 1. The van der Waals surface area contributed by atoms with E-state index in [-0.39, 0.29) is 36.6 Å². The molecule has 30 heavy (non-hydrogen) atoms. The van der Waals surface area contributed by atoms with Gasteiger partial charge in [0.15, 0.2) is 0 Å². The predicted octanol–water partition coefficient (Wildman–Crippen LogP) is 3.11. The molecule has 1 aromatic carbocycles. The lowest BCUT2D eigenvalue weighted by atomic mass is 10.0. The third kappa shape index (κ3) is 4.83. The van der Waals surface area contributed by atoms with Gasteiger partial charge in [-0.2, -0.15) is 4.98 Å². The Kier molecular flexibility index (Phi) is 7.12. The van der Waals surface area contributed by atoms with E-state index in [0.29, 0.717) is 42.4 Å². The first-order valence-corrected chi connectivity index (χ1v) is 9.61. The Morgan fingerprint density at radius 1 is 1.37 bits per heavy atom. The molecule has 1 saturated heterocycles. The molecule has 2 aromatic heterocycles. The predicted molar refractivity (Wildman–Crippen MR) is 112 cm³/mol. The maximum atomic E-state index is 13.4. The first kappa shape index (κ1) is 21.9. The van der Waals surface area contributed by atoms with Crippen LogP contribution < -0.4 is 5.32 Å². The SMILES string of the molecule is Cc1cc(-c2noc(CCC(=O)N3CCNCC3c3cccnc3)n2)ccc1F.Cl. The molecule has 1 amide bonds. The van der Waals surface area contributed by atoms with Crippen LogP contribution in [-0.4, -0.2) is 45.6 Å². The number of hydrogen-bond acceptors (Lipinski definition) is 6. The Bertz CT molecular complexity index is 998. The van der Waals surface area contributed by atoms with Gasteiger partial charge in [0.25, 0.3) is 0 Å². The Hall–Kier alpha value is -2.84. The summed E-state index contributed by atoms with van der Waals surface area (Å²) in [5.41, 5.74) is 2.22. The second-order valence-electron chi connectivity index (χ2n) is 7.07. The summed E-state index contributed by atoms with van der Waals surface area (Å²) in [6.07, 6.45) is 4.16. The number of aryl methyl sites for hydroxylation is 2. The average molecular weight is 432 g/mol. The quantitative estimate of drug-likeness (QED) is 0.668. The van der Waals surface area contributed by atoms with Gasteiger partial charge in [-0.1, -0.05) is 11.2 Å². The molecular weight excluding hydrogens is 409 g/mol. The van der Waals surface area contributed by atoms with Crippen LogP contribution in [-0.2, 0) is 11.2 Å².